The van der Waals surface area contributed by atoms with Crippen LogP contribution >= 0.6 is 0 Å². The van der Waals surface area contributed by atoms with Gasteiger partial charge in [0, 0.05) is 31.4 Å². The molecule has 1 N–H and O–H groups in total. The number of benzene rings is 2. The molecule has 0 spiro atoms. The third kappa shape index (κ3) is 5.33. The maximum atomic E-state index is 13.6. The zero-order valence-electron chi connectivity index (χ0n) is 19.4. The first-order valence-corrected chi connectivity index (χ1v) is 11.9. The molecule has 172 valence electrons. The molecule has 2 aliphatic rings. The van der Waals surface area contributed by atoms with E-state index < -0.39 is 5.41 Å². The molecule has 5 nitrogen and oxygen atoms in total. The molecule has 2 aliphatic heterocycles. The second-order valence-electron chi connectivity index (χ2n) is 9.35. The van der Waals surface area contributed by atoms with Crippen molar-refractivity contribution in [2.45, 2.75) is 45.1 Å². The molecule has 32 heavy (non-hydrogen) atoms. The van der Waals surface area contributed by atoms with Gasteiger partial charge in [-0.05, 0) is 69.3 Å². The Morgan fingerprint density at radius 2 is 1.88 bits per heavy atom. The average Bonchev–Trinajstić information content (AvgIpc) is 3.32. The van der Waals surface area contributed by atoms with Crippen molar-refractivity contribution in [3.63, 3.8) is 0 Å². The van der Waals surface area contributed by atoms with Gasteiger partial charge in [0.1, 0.15) is 5.75 Å². The number of hydrogen-bond acceptors (Lipinski definition) is 4. The summed E-state index contributed by atoms with van der Waals surface area (Å²) < 4.78 is 11.2. The minimum Gasteiger partial charge on any atom is -0.496 e. The summed E-state index contributed by atoms with van der Waals surface area (Å²) in [6.45, 7) is 6.64. The predicted molar refractivity (Wildman–Crippen MR) is 128 cm³/mol. The quantitative estimate of drug-likeness (QED) is 0.670. The first kappa shape index (κ1) is 22.8. The zero-order valence-corrected chi connectivity index (χ0v) is 19.4. The molecule has 0 saturated carbocycles. The van der Waals surface area contributed by atoms with Crippen molar-refractivity contribution in [3.8, 4) is 16.9 Å². The van der Waals surface area contributed by atoms with Gasteiger partial charge in [0.2, 0.25) is 5.91 Å². The summed E-state index contributed by atoms with van der Waals surface area (Å²) in [5.74, 6) is 1.04. The van der Waals surface area contributed by atoms with Crippen LogP contribution in [-0.4, -0.2) is 56.8 Å². The van der Waals surface area contributed by atoms with Crippen molar-refractivity contribution >= 4 is 5.91 Å². The van der Waals surface area contributed by atoms with Crippen LogP contribution in [0.5, 0.6) is 5.75 Å². The predicted octanol–water partition coefficient (Wildman–Crippen LogP) is 4.30. The summed E-state index contributed by atoms with van der Waals surface area (Å²) in [6, 6.07) is 16.8. The molecule has 2 saturated heterocycles. The molecule has 0 radical (unpaired) electrons. The second-order valence-corrected chi connectivity index (χ2v) is 9.35. The highest BCUT2D eigenvalue weighted by Crippen LogP contribution is 2.37. The second kappa shape index (κ2) is 10.5. The highest BCUT2D eigenvalue weighted by molar-refractivity contribution is 5.83. The van der Waals surface area contributed by atoms with Crippen LogP contribution in [0.3, 0.4) is 0 Å². The van der Waals surface area contributed by atoms with Crippen LogP contribution in [0.25, 0.3) is 11.1 Å². The monoisotopic (exact) mass is 436 g/mol. The van der Waals surface area contributed by atoms with Crippen LogP contribution in [0.4, 0.5) is 0 Å². The van der Waals surface area contributed by atoms with Gasteiger partial charge in [-0.2, -0.15) is 0 Å². The SMILES string of the molecule is COc1ccccc1-c1cccc(CC2(C(=O)N[C@H](C)CN3CCCC3)CCOCC2)c1. The van der Waals surface area contributed by atoms with Crippen LogP contribution in [0.2, 0.25) is 0 Å². The highest BCUT2D eigenvalue weighted by Gasteiger charge is 2.40. The van der Waals surface area contributed by atoms with E-state index in [0.29, 0.717) is 13.2 Å². The molecular formula is C27H36N2O3. The molecule has 1 atom stereocenters. The number of carbonyl (C=O) groups is 1. The molecule has 4 rings (SSSR count). The zero-order chi connectivity index (χ0) is 22.4. The van der Waals surface area contributed by atoms with Crippen LogP contribution in [0.1, 0.15) is 38.2 Å². The number of methoxy groups -OCH3 is 1. The lowest BCUT2D eigenvalue weighted by Crippen LogP contribution is -2.51. The van der Waals surface area contributed by atoms with E-state index in [1.807, 2.05) is 18.2 Å². The molecule has 0 aromatic heterocycles. The van der Waals surface area contributed by atoms with Gasteiger partial charge < -0.3 is 19.7 Å². The molecule has 2 aromatic rings. The van der Waals surface area contributed by atoms with Gasteiger partial charge in [-0.3, -0.25) is 4.79 Å². The van der Waals surface area contributed by atoms with E-state index in [1.165, 1.54) is 18.4 Å². The summed E-state index contributed by atoms with van der Waals surface area (Å²) >= 11 is 0. The first-order valence-electron chi connectivity index (χ1n) is 11.9. The van der Waals surface area contributed by atoms with Gasteiger partial charge in [0.25, 0.3) is 0 Å². The largest absolute Gasteiger partial charge is 0.496 e. The van der Waals surface area contributed by atoms with Crippen LogP contribution in [-0.2, 0) is 16.0 Å². The Bertz CT molecular complexity index is 901. The minimum absolute atomic E-state index is 0.153. The van der Waals surface area contributed by atoms with Crippen LogP contribution < -0.4 is 10.1 Å². The Kier molecular flexibility index (Phi) is 7.48. The Balaban J connectivity index is 1.51. The van der Waals surface area contributed by atoms with Crippen molar-refractivity contribution in [2.24, 2.45) is 5.41 Å². The van der Waals surface area contributed by atoms with Gasteiger partial charge in [-0.25, -0.2) is 0 Å². The number of carbonyl (C=O) groups excluding carboxylic acids is 1. The number of nitrogens with zero attached hydrogens (tertiary/aromatic N) is 1. The van der Waals surface area contributed by atoms with Crippen molar-refractivity contribution in [1.82, 2.24) is 10.2 Å². The van der Waals surface area contributed by atoms with Gasteiger partial charge in [0.05, 0.1) is 12.5 Å². The van der Waals surface area contributed by atoms with Gasteiger partial charge in [-0.15, -0.1) is 0 Å². The van der Waals surface area contributed by atoms with E-state index in [9.17, 15) is 4.79 Å². The number of nitrogens with one attached hydrogen (secondary N) is 1. The van der Waals surface area contributed by atoms with E-state index in [2.05, 4.69) is 47.5 Å². The van der Waals surface area contributed by atoms with E-state index in [0.717, 1.165) is 55.8 Å². The van der Waals surface area contributed by atoms with Gasteiger partial charge in [0.15, 0.2) is 0 Å². The lowest BCUT2D eigenvalue weighted by Gasteiger charge is -2.37. The Morgan fingerprint density at radius 1 is 1.12 bits per heavy atom. The molecule has 2 heterocycles. The number of likely N-dealkylation sites (tertiary alicyclic amines) is 1. The Hall–Kier alpha value is -2.37. The number of rotatable bonds is 8. The summed E-state index contributed by atoms with van der Waals surface area (Å²) in [5.41, 5.74) is 2.95. The van der Waals surface area contributed by atoms with Crippen LogP contribution in [0, 0.1) is 5.41 Å². The maximum absolute atomic E-state index is 13.6. The van der Waals surface area contributed by atoms with Crippen molar-refractivity contribution < 1.29 is 14.3 Å². The Labute approximate surface area is 192 Å². The summed E-state index contributed by atoms with van der Waals surface area (Å²) in [7, 11) is 1.70. The van der Waals surface area contributed by atoms with Crippen molar-refractivity contribution in [3.05, 3.63) is 54.1 Å². The van der Waals surface area contributed by atoms with Crippen LogP contribution in [0.15, 0.2) is 48.5 Å². The number of amides is 1. The maximum Gasteiger partial charge on any atom is 0.226 e. The molecular weight excluding hydrogens is 400 g/mol. The first-order chi connectivity index (χ1) is 15.6. The molecule has 2 fully saturated rings. The molecule has 2 aromatic carbocycles. The number of ether oxygens (including phenoxy) is 2. The number of para-hydroxylation sites is 1. The summed E-state index contributed by atoms with van der Waals surface area (Å²) in [6.07, 6.45) is 4.78. The fraction of sp³-hybridized carbons (Fsp3) is 0.519. The van der Waals surface area contributed by atoms with Crippen molar-refractivity contribution in [2.75, 3.05) is 40.0 Å². The molecule has 0 unspecified atom stereocenters. The smallest absolute Gasteiger partial charge is 0.226 e. The minimum atomic E-state index is -0.420. The van der Waals surface area contributed by atoms with E-state index in [4.69, 9.17) is 9.47 Å². The van der Waals surface area contributed by atoms with E-state index >= 15 is 0 Å². The highest BCUT2D eigenvalue weighted by atomic mass is 16.5. The summed E-state index contributed by atoms with van der Waals surface area (Å²) in [5, 5.41) is 3.35. The van der Waals surface area contributed by atoms with Crippen molar-refractivity contribution in [1.29, 1.82) is 0 Å². The average molecular weight is 437 g/mol. The standard InChI is InChI=1S/C27H36N2O3/c1-21(20-29-14-5-6-15-29)28-26(30)27(12-16-32-17-13-27)19-22-8-7-9-23(18-22)24-10-3-4-11-25(24)31-2/h3-4,7-11,18,21H,5-6,12-17,19-20H2,1-2H3,(H,28,30)/t21-/m1/s1. The third-order valence-corrected chi connectivity index (χ3v) is 6.93. The molecule has 1 amide bonds. The normalized spacial score (nSPS) is 19.4. The summed E-state index contributed by atoms with van der Waals surface area (Å²) in [4.78, 5) is 16.0. The lowest BCUT2D eigenvalue weighted by atomic mass is 9.74. The topological polar surface area (TPSA) is 50.8 Å². The van der Waals surface area contributed by atoms with Gasteiger partial charge in [-0.1, -0.05) is 42.5 Å². The molecule has 0 bridgehead atoms. The molecule has 5 heteroatoms. The number of hydrogen-bond donors (Lipinski definition) is 1. The van der Waals surface area contributed by atoms with E-state index in [1.54, 1.807) is 7.11 Å². The fourth-order valence-electron chi connectivity index (χ4n) is 5.14. The fourth-order valence-corrected chi connectivity index (χ4v) is 5.14. The third-order valence-electron chi connectivity index (χ3n) is 6.93. The van der Waals surface area contributed by atoms with E-state index in [-0.39, 0.29) is 11.9 Å². The van der Waals surface area contributed by atoms with Gasteiger partial charge >= 0.3 is 0 Å². The lowest BCUT2D eigenvalue weighted by molar-refractivity contribution is -0.137. The Morgan fingerprint density at radius 3 is 2.62 bits per heavy atom. The molecule has 0 aliphatic carbocycles.